The zero-order valence-electron chi connectivity index (χ0n) is 65.7. The summed E-state index contributed by atoms with van der Waals surface area (Å²) in [4.78, 5) is 73.1. The standard InChI is InChI=1S/C81H158O17P2/c1-8-11-12-13-14-15-16-17-20-24-27-33-41-48-55-62-78(83)91-68-76(97-80(85)64-57-50-43-34-28-25-22-19-18-21-23-26-31-38-45-52-59-72(4)5)70-95-99(87,88)93-66-75(82)67-94-100(89,90)96-71-77(69-92-79(84)63-56-49-42-37-36-40-47-54-61-74(7)10-3)98-81(86)65-58-51-44-35-30-29-32-39-46-53-60-73(6)9-2/h72-77,82H,8-71H2,1-7H3,(H,87,88)(H,89,90)/t73?,74?,75-,76-,77-/m1/s1. The molecule has 17 nitrogen and oxygen atoms in total. The first-order valence-electron chi connectivity index (χ1n) is 41.9. The van der Waals surface area contributed by atoms with Crippen LogP contribution in [0.5, 0.6) is 0 Å². The van der Waals surface area contributed by atoms with Gasteiger partial charge in [-0.1, -0.05) is 370 Å². The Kier molecular flexibility index (Phi) is 69.9. The smallest absolute Gasteiger partial charge is 0.462 e. The molecule has 0 spiro atoms. The summed E-state index contributed by atoms with van der Waals surface area (Å²) in [6.45, 7) is 12.0. The molecule has 594 valence electrons. The molecule has 0 aliphatic heterocycles. The number of aliphatic hydroxyl groups is 1. The minimum Gasteiger partial charge on any atom is -0.462 e. The molecule has 100 heavy (non-hydrogen) atoms. The van der Waals surface area contributed by atoms with Crippen molar-refractivity contribution in [3.63, 3.8) is 0 Å². The Morgan fingerprint density at radius 3 is 0.760 bits per heavy atom. The molecule has 4 unspecified atom stereocenters. The van der Waals surface area contributed by atoms with E-state index in [9.17, 15) is 43.2 Å². The Hall–Kier alpha value is -1.94. The largest absolute Gasteiger partial charge is 0.472 e. The summed E-state index contributed by atoms with van der Waals surface area (Å²) in [6.07, 6.45) is 59.4. The van der Waals surface area contributed by atoms with Gasteiger partial charge in [-0.2, -0.15) is 0 Å². The van der Waals surface area contributed by atoms with Gasteiger partial charge >= 0.3 is 39.5 Å². The van der Waals surface area contributed by atoms with Gasteiger partial charge in [0, 0.05) is 25.7 Å². The molecule has 0 radical (unpaired) electrons. The van der Waals surface area contributed by atoms with Crippen molar-refractivity contribution in [3.05, 3.63) is 0 Å². The second kappa shape index (κ2) is 71.3. The van der Waals surface area contributed by atoms with Crippen molar-refractivity contribution in [3.8, 4) is 0 Å². The fraction of sp³-hybridized carbons (Fsp3) is 0.951. The van der Waals surface area contributed by atoms with Crippen molar-refractivity contribution in [1.29, 1.82) is 0 Å². The highest BCUT2D eigenvalue weighted by Crippen LogP contribution is 2.45. The molecular formula is C81H158O17P2. The van der Waals surface area contributed by atoms with Crippen LogP contribution in [-0.4, -0.2) is 96.7 Å². The lowest BCUT2D eigenvalue weighted by Gasteiger charge is -2.21. The second-order valence-electron chi connectivity index (χ2n) is 30.1. The maximum Gasteiger partial charge on any atom is 0.472 e. The number of carbonyl (C=O) groups excluding carboxylic acids is 4. The molecule has 0 heterocycles. The number of phosphoric acid groups is 2. The number of ether oxygens (including phenoxy) is 4. The van der Waals surface area contributed by atoms with Gasteiger partial charge in [0.05, 0.1) is 26.4 Å². The molecule has 0 bridgehead atoms. The van der Waals surface area contributed by atoms with E-state index < -0.39 is 97.5 Å². The summed E-state index contributed by atoms with van der Waals surface area (Å²) >= 11 is 0. The van der Waals surface area contributed by atoms with Crippen LogP contribution in [0.2, 0.25) is 0 Å². The van der Waals surface area contributed by atoms with E-state index in [0.29, 0.717) is 25.7 Å². The molecule has 0 fully saturated rings. The number of carbonyl (C=O) groups is 4. The zero-order chi connectivity index (χ0) is 73.7. The summed E-state index contributed by atoms with van der Waals surface area (Å²) in [5, 5.41) is 10.6. The summed E-state index contributed by atoms with van der Waals surface area (Å²) in [5.41, 5.74) is 0. The van der Waals surface area contributed by atoms with Gasteiger partial charge in [-0.25, -0.2) is 9.13 Å². The molecule has 0 aliphatic carbocycles. The molecule has 0 saturated heterocycles. The molecule has 0 amide bonds. The van der Waals surface area contributed by atoms with Crippen molar-refractivity contribution in [2.24, 2.45) is 17.8 Å². The van der Waals surface area contributed by atoms with Crippen molar-refractivity contribution in [1.82, 2.24) is 0 Å². The molecule has 0 aliphatic rings. The normalized spacial score (nSPS) is 14.5. The lowest BCUT2D eigenvalue weighted by molar-refractivity contribution is -0.161. The van der Waals surface area contributed by atoms with Crippen LogP contribution in [0.15, 0.2) is 0 Å². The van der Waals surface area contributed by atoms with Crippen molar-refractivity contribution >= 4 is 39.5 Å². The predicted octanol–water partition coefficient (Wildman–Crippen LogP) is 24.1. The summed E-state index contributed by atoms with van der Waals surface area (Å²) in [5.74, 6) is 0.280. The Bertz CT molecular complexity index is 1940. The third-order valence-corrected chi connectivity index (χ3v) is 21.5. The van der Waals surface area contributed by atoms with Crippen LogP contribution < -0.4 is 0 Å². The Morgan fingerprint density at radius 2 is 0.510 bits per heavy atom. The fourth-order valence-corrected chi connectivity index (χ4v) is 14.0. The minimum atomic E-state index is -4.96. The van der Waals surface area contributed by atoms with E-state index in [4.69, 9.17) is 37.0 Å². The summed E-state index contributed by atoms with van der Waals surface area (Å²) in [7, 11) is -9.92. The molecule has 0 saturated carbocycles. The number of esters is 4. The lowest BCUT2D eigenvalue weighted by Crippen LogP contribution is -2.30. The predicted molar refractivity (Wildman–Crippen MR) is 409 cm³/mol. The molecule has 19 heteroatoms. The van der Waals surface area contributed by atoms with E-state index in [1.54, 1.807) is 0 Å². The van der Waals surface area contributed by atoms with Gasteiger partial charge in [-0.3, -0.25) is 37.3 Å². The zero-order valence-corrected chi connectivity index (χ0v) is 67.5. The van der Waals surface area contributed by atoms with Crippen LogP contribution in [-0.2, 0) is 65.4 Å². The highest BCUT2D eigenvalue weighted by molar-refractivity contribution is 7.47. The number of hydrogen-bond donors (Lipinski definition) is 3. The van der Waals surface area contributed by atoms with Gasteiger partial charge in [-0.05, 0) is 43.4 Å². The van der Waals surface area contributed by atoms with Gasteiger partial charge in [0.2, 0.25) is 0 Å². The molecular weight excluding hydrogens is 1310 g/mol. The SMILES string of the molecule is CCCCCCCCCCCCCCCCCC(=O)OC[C@H](COP(=O)(O)OC[C@@H](O)COP(=O)(O)OC[C@@H](COC(=O)CCCCCCCCCCC(C)CC)OC(=O)CCCCCCCCCCCCC(C)CC)OC(=O)CCCCCCCCCCCCCCCCCCC(C)C. The first-order chi connectivity index (χ1) is 48.3. The third kappa shape index (κ3) is 71.7. The molecule has 0 aromatic carbocycles. The lowest BCUT2D eigenvalue weighted by atomic mass is 9.99. The molecule has 0 aromatic heterocycles. The van der Waals surface area contributed by atoms with E-state index in [-0.39, 0.29) is 25.7 Å². The summed E-state index contributed by atoms with van der Waals surface area (Å²) < 4.78 is 68.8. The van der Waals surface area contributed by atoms with Crippen LogP contribution in [0.1, 0.15) is 421 Å². The maximum absolute atomic E-state index is 13.1. The maximum atomic E-state index is 13.1. The van der Waals surface area contributed by atoms with Gasteiger partial charge < -0.3 is 33.8 Å². The number of rotatable bonds is 79. The Balaban J connectivity index is 5.27. The molecule has 7 atom stereocenters. The van der Waals surface area contributed by atoms with Crippen LogP contribution in [0.4, 0.5) is 0 Å². The number of aliphatic hydroxyl groups excluding tert-OH is 1. The van der Waals surface area contributed by atoms with Gasteiger partial charge in [0.15, 0.2) is 12.2 Å². The average molecular weight is 1470 g/mol. The van der Waals surface area contributed by atoms with E-state index in [2.05, 4.69) is 48.5 Å². The average Bonchev–Trinajstić information content (AvgIpc) is 0.912. The number of hydrogen-bond acceptors (Lipinski definition) is 15. The number of phosphoric ester groups is 2. The number of unbranched alkanes of at least 4 members (excludes halogenated alkanes) is 45. The van der Waals surface area contributed by atoms with Crippen LogP contribution in [0.3, 0.4) is 0 Å². The van der Waals surface area contributed by atoms with Gasteiger partial charge in [-0.15, -0.1) is 0 Å². The van der Waals surface area contributed by atoms with E-state index in [1.807, 2.05) is 0 Å². The Labute approximate surface area is 613 Å². The topological polar surface area (TPSA) is 237 Å². The van der Waals surface area contributed by atoms with E-state index >= 15 is 0 Å². The first-order valence-corrected chi connectivity index (χ1v) is 44.9. The van der Waals surface area contributed by atoms with E-state index in [1.165, 1.54) is 231 Å². The fourth-order valence-electron chi connectivity index (χ4n) is 12.4. The van der Waals surface area contributed by atoms with Crippen molar-refractivity contribution in [2.45, 2.75) is 439 Å². The van der Waals surface area contributed by atoms with E-state index in [0.717, 1.165) is 108 Å². The monoisotopic (exact) mass is 1470 g/mol. The molecule has 3 N–H and O–H groups in total. The minimum absolute atomic E-state index is 0.106. The first kappa shape index (κ1) is 98.1. The van der Waals surface area contributed by atoms with Gasteiger partial charge in [0.1, 0.15) is 19.3 Å². The summed E-state index contributed by atoms with van der Waals surface area (Å²) in [6, 6.07) is 0. The van der Waals surface area contributed by atoms with Gasteiger partial charge in [0.25, 0.3) is 0 Å². The van der Waals surface area contributed by atoms with Crippen molar-refractivity contribution in [2.75, 3.05) is 39.6 Å². The highest BCUT2D eigenvalue weighted by atomic mass is 31.2. The van der Waals surface area contributed by atoms with Crippen molar-refractivity contribution < 1.29 is 80.2 Å². The molecule has 0 aromatic rings. The second-order valence-corrected chi connectivity index (χ2v) is 33.0. The molecule has 0 rings (SSSR count). The third-order valence-electron chi connectivity index (χ3n) is 19.6. The van der Waals surface area contributed by atoms with Crippen LogP contribution in [0.25, 0.3) is 0 Å². The van der Waals surface area contributed by atoms with Crippen LogP contribution >= 0.6 is 15.6 Å². The highest BCUT2D eigenvalue weighted by Gasteiger charge is 2.30. The Morgan fingerprint density at radius 1 is 0.290 bits per heavy atom. The quantitative estimate of drug-likeness (QED) is 0.0222. The van der Waals surface area contributed by atoms with Crippen LogP contribution in [0, 0.1) is 17.8 Å².